The number of nitro benzene ring substituents is 2. The molecular weight excluding hydrogens is 586 g/mol. The van der Waals surface area contributed by atoms with Gasteiger partial charge < -0.3 is 9.47 Å². The van der Waals surface area contributed by atoms with Gasteiger partial charge in [0.2, 0.25) is 5.75 Å². The molecule has 0 aliphatic rings. The lowest BCUT2D eigenvalue weighted by atomic mass is 10.1. The fraction of sp³-hybridized carbons (Fsp3) is 0.222. The van der Waals surface area contributed by atoms with E-state index in [0.717, 1.165) is 4.47 Å². The van der Waals surface area contributed by atoms with Crippen LogP contribution in [0.15, 0.2) is 69.0 Å². The predicted molar refractivity (Wildman–Crippen MR) is 152 cm³/mol. The third kappa shape index (κ3) is 5.99. The standard InChI is InChI=1S/C27H24BrN5O7/c1-4-16(2)26-30-22-10-7-19(28)13-21(22)27(34)31(26)29-14-18-11-23(33(37)38)25(24(12-18)39-3)40-15-17-5-8-20(9-6-17)32(35)36/h5-14,16H,4,15H2,1-3H3/t16-/m0/s1. The SMILES string of the molecule is CC[C@H](C)c1nc2ccc(Br)cc2c(=O)n1N=Cc1cc(OC)c(OCc2ccc([N+](=O)[O-])cc2)c([N+](=O)[O-])c1. The molecule has 0 N–H and O–H groups in total. The van der Waals surface area contributed by atoms with Crippen LogP contribution in [0, 0.1) is 20.2 Å². The average Bonchev–Trinajstić information content (AvgIpc) is 2.95. The zero-order valence-corrected chi connectivity index (χ0v) is 23.3. The molecule has 206 valence electrons. The summed E-state index contributed by atoms with van der Waals surface area (Å²) in [7, 11) is 1.34. The molecule has 0 aliphatic heterocycles. The zero-order valence-electron chi connectivity index (χ0n) is 21.7. The summed E-state index contributed by atoms with van der Waals surface area (Å²) < 4.78 is 13.0. The Kier molecular flexibility index (Phi) is 8.53. The number of benzene rings is 3. The van der Waals surface area contributed by atoms with E-state index >= 15 is 0 Å². The number of rotatable bonds is 10. The summed E-state index contributed by atoms with van der Waals surface area (Å²) in [6.07, 6.45) is 2.04. The second-order valence-corrected chi connectivity index (χ2v) is 9.76. The lowest BCUT2D eigenvalue weighted by Crippen LogP contribution is -2.23. The number of methoxy groups -OCH3 is 1. The van der Waals surface area contributed by atoms with Crippen molar-refractivity contribution in [3.05, 3.63) is 107 Å². The van der Waals surface area contributed by atoms with Gasteiger partial charge in [-0.15, -0.1) is 0 Å². The van der Waals surface area contributed by atoms with E-state index in [1.165, 1.54) is 54.4 Å². The maximum atomic E-state index is 13.4. The highest BCUT2D eigenvalue weighted by Gasteiger charge is 2.23. The first kappa shape index (κ1) is 28.4. The first-order valence-electron chi connectivity index (χ1n) is 12.1. The van der Waals surface area contributed by atoms with Crippen LogP contribution in [-0.2, 0) is 6.61 Å². The van der Waals surface area contributed by atoms with E-state index in [1.54, 1.807) is 18.2 Å². The maximum absolute atomic E-state index is 13.4. The van der Waals surface area contributed by atoms with Gasteiger partial charge in [-0.1, -0.05) is 29.8 Å². The number of ether oxygens (including phenoxy) is 2. The zero-order chi connectivity index (χ0) is 29.0. The van der Waals surface area contributed by atoms with Crippen molar-refractivity contribution in [2.45, 2.75) is 32.8 Å². The molecule has 13 heteroatoms. The van der Waals surface area contributed by atoms with E-state index in [4.69, 9.17) is 9.47 Å². The van der Waals surface area contributed by atoms with E-state index in [0.29, 0.717) is 34.3 Å². The van der Waals surface area contributed by atoms with Crippen molar-refractivity contribution in [2.24, 2.45) is 5.10 Å². The van der Waals surface area contributed by atoms with Crippen molar-refractivity contribution >= 4 is 44.4 Å². The number of halogens is 1. The minimum absolute atomic E-state index is 0.0765. The van der Waals surface area contributed by atoms with Gasteiger partial charge in [-0.3, -0.25) is 25.0 Å². The van der Waals surface area contributed by atoms with Crippen LogP contribution in [0.4, 0.5) is 11.4 Å². The molecule has 0 aliphatic carbocycles. The van der Waals surface area contributed by atoms with Crippen LogP contribution in [0.1, 0.15) is 43.1 Å². The van der Waals surface area contributed by atoms with Gasteiger partial charge in [0.15, 0.2) is 5.75 Å². The smallest absolute Gasteiger partial charge is 0.315 e. The molecule has 3 aromatic carbocycles. The third-order valence-corrected chi connectivity index (χ3v) is 6.71. The molecule has 4 aromatic rings. The molecular formula is C27H24BrN5O7. The van der Waals surface area contributed by atoms with Gasteiger partial charge in [-0.05, 0) is 48.4 Å². The number of nitrogens with zero attached hydrogens (tertiary/aromatic N) is 5. The lowest BCUT2D eigenvalue weighted by molar-refractivity contribution is -0.386. The number of non-ortho nitro benzene ring substituents is 1. The van der Waals surface area contributed by atoms with E-state index in [1.807, 2.05) is 13.8 Å². The monoisotopic (exact) mass is 609 g/mol. The molecule has 0 radical (unpaired) electrons. The molecule has 0 bridgehead atoms. The Morgan fingerprint density at radius 3 is 2.45 bits per heavy atom. The highest BCUT2D eigenvalue weighted by Crippen LogP contribution is 2.38. The predicted octanol–water partition coefficient (Wildman–Crippen LogP) is 5.96. The first-order valence-corrected chi connectivity index (χ1v) is 12.9. The van der Waals surface area contributed by atoms with Gasteiger partial charge >= 0.3 is 5.69 Å². The van der Waals surface area contributed by atoms with Crippen LogP contribution in [0.2, 0.25) is 0 Å². The molecule has 0 unspecified atom stereocenters. The molecule has 4 rings (SSSR count). The fourth-order valence-electron chi connectivity index (χ4n) is 3.89. The Hall–Kier alpha value is -4.65. The summed E-state index contributed by atoms with van der Waals surface area (Å²) >= 11 is 3.38. The van der Waals surface area contributed by atoms with Crippen molar-refractivity contribution in [1.82, 2.24) is 9.66 Å². The molecule has 1 heterocycles. The Morgan fingerprint density at radius 1 is 1.10 bits per heavy atom. The lowest BCUT2D eigenvalue weighted by Gasteiger charge is -2.14. The molecule has 0 saturated heterocycles. The molecule has 0 fully saturated rings. The minimum atomic E-state index is -0.614. The van der Waals surface area contributed by atoms with Crippen LogP contribution < -0.4 is 15.0 Å². The topological polar surface area (TPSA) is 152 Å². The number of hydrogen-bond acceptors (Lipinski definition) is 9. The molecule has 1 aromatic heterocycles. The van der Waals surface area contributed by atoms with Crippen molar-refractivity contribution in [3.8, 4) is 11.5 Å². The number of hydrogen-bond donors (Lipinski definition) is 0. The van der Waals surface area contributed by atoms with Crippen molar-refractivity contribution in [2.75, 3.05) is 7.11 Å². The van der Waals surface area contributed by atoms with Crippen LogP contribution in [0.25, 0.3) is 10.9 Å². The third-order valence-electron chi connectivity index (χ3n) is 6.21. The maximum Gasteiger partial charge on any atom is 0.315 e. The van der Waals surface area contributed by atoms with Crippen LogP contribution in [0.5, 0.6) is 11.5 Å². The molecule has 40 heavy (non-hydrogen) atoms. The van der Waals surface area contributed by atoms with Crippen LogP contribution in [-0.4, -0.2) is 32.8 Å². The molecule has 12 nitrogen and oxygen atoms in total. The largest absolute Gasteiger partial charge is 0.493 e. The van der Waals surface area contributed by atoms with Gasteiger partial charge in [0, 0.05) is 34.2 Å². The molecule has 0 spiro atoms. The second-order valence-electron chi connectivity index (χ2n) is 8.84. The molecule has 0 saturated carbocycles. The average molecular weight is 610 g/mol. The van der Waals surface area contributed by atoms with Crippen molar-refractivity contribution < 1.29 is 19.3 Å². The minimum Gasteiger partial charge on any atom is -0.493 e. The Bertz CT molecular complexity index is 1690. The summed E-state index contributed by atoms with van der Waals surface area (Å²) in [6.45, 7) is 3.82. The van der Waals surface area contributed by atoms with E-state index in [-0.39, 0.29) is 41.0 Å². The van der Waals surface area contributed by atoms with Gasteiger partial charge in [0.05, 0.1) is 34.1 Å². The van der Waals surface area contributed by atoms with Gasteiger partial charge in [0.1, 0.15) is 12.4 Å². The van der Waals surface area contributed by atoms with E-state index in [9.17, 15) is 25.0 Å². The number of nitro groups is 2. The summed E-state index contributed by atoms with van der Waals surface area (Å²) in [4.78, 5) is 39.7. The van der Waals surface area contributed by atoms with E-state index < -0.39 is 9.85 Å². The van der Waals surface area contributed by atoms with Crippen molar-refractivity contribution in [1.29, 1.82) is 0 Å². The second kappa shape index (κ2) is 12.0. The fourth-order valence-corrected chi connectivity index (χ4v) is 4.25. The van der Waals surface area contributed by atoms with E-state index in [2.05, 4.69) is 26.0 Å². The molecule has 1 atom stereocenters. The highest BCUT2D eigenvalue weighted by molar-refractivity contribution is 9.10. The summed E-state index contributed by atoms with van der Waals surface area (Å²) in [5.41, 5.74) is 0.574. The first-order chi connectivity index (χ1) is 19.1. The van der Waals surface area contributed by atoms with Crippen LogP contribution >= 0.6 is 15.9 Å². The Morgan fingerprint density at radius 2 is 1.82 bits per heavy atom. The highest BCUT2D eigenvalue weighted by atomic mass is 79.9. The van der Waals surface area contributed by atoms with Gasteiger partial charge in [-0.25, -0.2) is 4.98 Å². The van der Waals surface area contributed by atoms with Crippen LogP contribution in [0.3, 0.4) is 0 Å². The number of fused-ring (bicyclic) bond motifs is 1. The normalized spacial score (nSPS) is 12.0. The Balaban J connectivity index is 1.73. The molecule has 0 amide bonds. The van der Waals surface area contributed by atoms with Gasteiger partial charge in [0.25, 0.3) is 11.2 Å². The van der Waals surface area contributed by atoms with Gasteiger partial charge in [-0.2, -0.15) is 9.78 Å². The quantitative estimate of drug-likeness (QED) is 0.121. The van der Waals surface area contributed by atoms with Crippen molar-refractivity contribution in [3.63, 3.8) is 0 Å². The summed E-state index contributed by atoms with van der Waals surface area (Å²) in [5, 5.41) is 27.6. The summed E-state index contributed by atoms with van der Waals surface area (Å²) in [5.74, 6) is 0.338. The summed E-state index contributed by atoms with van der Waals surface area (Å²) in [6, 6.07) is 13.6. The Labute approximate surface area is 236 Å². The number of aromatic nitrogens is 2.